The highest BCUT2D eigenvalue weighted by molar-refractivity contribution is 9.10. The molecule has 0 saturated heterocycles. The molecule has 20 heavy (non-hydrogen) atoms. The van der Waals surface area contributed by atoms with Gasteiger partial charge in [-0.15, -0.1) is 0 Å². The molecule has 1 aromatic heterocycles. The van der Waals surface area contributed by atoms with Crippen molar-refractivity contribution < 1.29 is 18.3 Å². The normalized spacial score (nSPS) is 11.3. The number of hydrogen-bond acceptors (Lipinski definition) is 4. The minimum absolute atomic E-state index is 0.0242. The molecule has 2 aromatic rings. The summed E-state index contributed by atoms with van der Waals surface area (Å²) >= 11 is 3.13. The van der Waals surface area contributed by atoms with E-state index >= 15 is 0 Å². The number of halogens is 1. The van der Waals surface area contributed by atoms with Crippen molar-refractivity contribution in [1.29, 1.82) is 0 Å². The first-order valence-electron chi connectivity index (χ1n) is 5.34. The van der Waals surface area contributed by atoms with Crippen molar-refractivity contribution in [2.24, 2.45) is 7.05 Å². The Morgan fingerprint density at radius 2 is 2.15 bits per heavy atom. The number of aromatic nitrogens is 2. The Morgan fingerprint density at radius 1 is 1.45 bits per heavy atom. The molecule has 1 heterocycles. The molecule has 0 aliphatic rings. The summed E-state index contributed by atoms with van der Waals surface area (Å²) in [5.41, 5.74) is -0.171. The van der Waals surface area contributed by atoms with Crippen LogP contribution in [0.15, 0.2) is 40.0 Å². The van der Waals surface area contributed by atoms with E-state index in [0.29, 0.717) is 4.47 Å². The largest absolute Gasteiger partial charge is 0.478 e. The van der Waals surface area contributed by atoms with E-state index in [4.69, 9.17) is 5.11 Å². The smallest absolute Gasteiger partial charge is 0.337 e. The molecular formula is C11H10BrN3O4S. The quantitative estimate of drug-likeness (QED) is 0.864. The fraction of sp³-hybridized carbons (Fsp3) is 0.0909. The fourth-order valence-corrected chi connectivity index (χ4v) is 3.22. The molecule has 0 aliphatic carbocycles. The van der Waals surface area contributed by atoms with Crippen molar-refractivity contribution in [3.05, 3.63) is 40.6 Å². The van der Waals surface area contributed by atoms with Crippen molar-refractivity contribution in [2.75, 3.05) is 4.72 Å². The average molecular weight is 360 g/mol. The number of nitrogens with one attached hydrogen (secondary N) is 1. The number of sulfonamides is 1. The standard InChI is InChI=1S/C11H10BrN3O4S/c1-15-6-7(5-13-15)20(18,19)14-10-8(11(16)17)3-2-4-9(10)12/h2-6,14H,1H3,(H,16,17). The van der Waals surface area contributed by atoms with Gasteiger partial charge >= 0.3 is 5.97 Å². The van der Waals surface area contributed by atoms with Crippen LogP contribution in [0.5, 0.6) is 0 Å². The first-order valence-corrected chi connectivity index (χ1v) is 7.62. The van der Waals surface area contributed by atoms with Crippen LogP contribution in [0.25, 0.3) is 0 Å². The first-order chi connectivity index (χ1) is 9.31. The van der Waals surface area contributed by atoms with Crippen LogP contribution in [0.1, 0.15) is 10.4 Å². The summed E-state index contributed by atoms with van der Waals surface area (Å²) in [4.78, 5) is 11.1. The molecule has 0 amide bonds. The number of carboxylic acid groups (broad SMARTS) is 1. The molecule has 0 radical (unpaired) electrons. The minimum atomic E-state index is -3.90. The summed E-state index contributed by atoms with van der Waals surface area (Å²) in [6.45, 7) is 0. The Kier molecular flexibility index (Phi) is 3.82. The number of aryl methyl sites for hydroxylation is 1. The van der Waals surface area contributed by atoms with Crippen LogP contribution >= 0.6 is 15.9 Å². The molecule has 0 bridgehead atoms. The number of benzene rings is 1. The molecule has 0 fully saturated rings. The lowest BCUT2D eigenvalue weighted by molar-refractivity contribution is 0.0698. The molecule has 0 unspecified atom stereocenters. The summed E-state index contributed by atoms with van der Waals surface area (Å²) in [5.74, 6) is -1.23. The maximum atomic E-state index is 12.2. The van der Waals surface area contributed by atoms with Crippen molar-refractivity contribution in [3.8, 4) is 0 Å². The number of anilines is 1. The van der Waals surface area contributed by atoms with E-state index in [0.717, 1.165) is 0 Å². The van der Waals surface area contributed by atoms with E-state index in [1.165, 1.54) is 29.2 Å². The topological polar surface area (TPSA) is 101 Å². The van der Waals surface area contributed by atoms with Crippen LogP contribution in [0.3, 0.4) is 0 Å². The van der Waals surface area contributed by atoms with Gasteiger partial charge in [0.1, 0.15) is 4.90 Å². The van der Waals surface area contributed by atoms with Gasteiger partial charge in [-0.25, -0.2) is 13.2 Å². The predicted octanol–water partition coefficient (Wildman–Crippen LogP) is 1.68. The summed E-state index contributed by atoms with van der Waals surface area (Å²) in [5, 5.41) is 12.9. The van der Waals surface area contributed by atoms with E-state index in [2.05, 4.69) is 25.8 Å². The van der Waals surface area contributed by atoms with Gasteiger partial charge in [0.2, 0.25) is 0 Å². The highest BCUT2D eigenvalue weighted by Gasteiger charge is 2.21. The van der Waals surface area contributed by atoms with Gasteiger partial charge in [0.25, 0.3) is 10.0 Å². The maximum absolute atomic E-state index is 12.2. The fourth-order valence-electron chi connectivity index (χ4n) is 1.54. The van der Waals surface area contributed by atoms with Gasteiger partial charge < -0.3 is 5.11 Å². The lowest BCUT2D eigenvalue weighted by Crippen LogP contribution is -2.15. The van der Waals surface area contributed by atoms with E-state index < -0.39 is 16.0 Å². The molecule has 0 aliphatic heterocycles. The average Bonchev–Trinajstić information content (AvgIpc) is 2.79. The third-order valence-electron chi connectivity index (χ3n) is 2.47. The zero-order valence-corrected chi connectivity index (χ0v) is 12.6. The highest BCUT2D eigenvalue weighted by Crippen LogP contribution is 2.28. The molecule has 7 nitrogen and oxygen atoms in total. The Bertz CT molecular complexity index is 770. The molecule has 0 spiro atoms. The zero-order chi connectivity index (χ0) is 14.9. The van der Waals surface area contributed by atoms with Crippen molar-refractivity contribution in [1.82, 2.24) is 9.78 Å². The van der Waals surface area contributed by atoms with E-state index in [1.54, 1.807) is 13.1 Å². The van der Waals surface area contributed by atoms with Gasteiger partial charge in [0.05, 0.1) is 17.4 Å². The second kappa shape index (κ2) is 5.25. The molecular weight excluding hydrogens is 350 g/mol. The number of rotatable bonds is 4. The number of para-hydroxylation sites is 1. The predicted molar refractivity (Wildman–Crippen MR) is 75.1 cm³/mol. The second-order valence-corrected chi connectivity index (χ2v) is 6.46. The van der Waals surface area contributed by atoms with Gasteiger partial charge in [-0.2, -0.15) is 5.10 Å². The van der Waals surface area contributed by atoms with Gasteiger partial charge in [-0.3, -0.25) is 9.40 Å². The van der Waals surface area contributed by atoms with Crippen LogP contribution < -0.4 is 4.72 Å². The number of carbonyl (C=O) groups is 1. The van der Waals surface area contributed by atoms with E-state index in [-0.39, 0.29) is 16.1 Å². The monoisotopic (exact) mass is 359 g/mol. The molecule has 9 heteroatoms. The molecule has 2 rings (SSSR count). The second-order valence-electron chi connectivity index (χ2n) is 3.92. The van der Waals surface area contributed by atoms with Crippen LogP contribution in [0, 0.1) is 0 Å². The summed E-state index contributed by atoms with van der Waals surface area (Å²) in [6.07, 6.45) is 2.50. The first kappa shape index (κ1) is 14.5. The van der Waals surface area contributed by atoms with E-state index in [1.807, 2.05) is 0 Å². The van der Waals surface area contributed by atoms with E-state index in [9.17, 15) is 13.2 Å². The third-order valence-corrected chi connectivity index (χ3v) is 4.44. The Labute approximate surface area is 123 Å². The van der Waals surface area contributed by atoms with Gasteiger partial charge in [-0.05, 0) is 28.1 Å². The summed E-state index contributed by atoms with van der Waals surface area (Å²) < 4.78 is 28.3. The lowest BCUT2D eigenvalue weighted by Gasteiger charge is -2.11. The molecule has 2 N–H and O–H groups in total. The molecule has 0 saturated carbocycles. The molecule has 106 valence electrons. The third kappa shape index (κ3) is 2.83. The van der Waals surface area contributed by atoms with Crippen LogP contribution in [-0.2, 0) is 17.1 Å². The van der Waals surface area contributed by atoms with Gasteiger partial charge in [0, 0.05) is 17.7 Å². The van der Waals surface area contributed by atoms with Gasteiger partial charge in [0.15, 0.2) is 0 Å². The molecule has 1 aromatic carbocycles. The van der Waals surface area contributed by atoms with Crippen LogP contribution in [0.4, 0.5) is 5.69 Å². The SMILES string of the molecule is Cn1cc(S(=O)(=O)Nc2c(Br)cccc2C(=O)O)cn1. The number of aromatic carboxylic acids is 1. The number of carboxylic acids is 1. The number of hydrogen-bond donors (Lipinski definition) is 2. The summed E-state index contributed by atoms with van der Waals surface area (Å²) in [7, 11) is -2.31. The Balaban J connectivity index is 2.47. The van der Waals surface area contributed by atoms with Crippen molar-refractivity contribution in [2.45, 2.75) is 4.90 Å². The van der Waals surface area contributed by atoms with Crippen molar-refractivity contribution in [3.63, 3.8) is 0 Å². The summed E-state index contributed by atoms with van der Waals surface area (Å²) in [6, 6.07) is 4.37. The van der Waals surface area contributed by atoms with Crippen molar-refractivity contribution >= 4 is 37.6 Å². The Morgan fingerprint density at radius 3 is 2.70 bits per heavy atom. The highest BCUT2D eigenvalue weighted by atomic mass is 79.9. The molecule has 0 atom stereocenters. The Hall–Kier alpha value is -1.87. The number of nitrogens with zero attached hydrogens (tertiary/aromatic N) is 2. The maximum Gasteiger partial charge on any atom is 0.337 e. The van der Waals surface area contributed by atoms with Crippen LogP contribution in [0.2, 0.25) is 0 Å². The minimum Gasteiger partial charge on any atom is -0.478 e. The lowest BCUT2D eigenvalue weighted by atomic mass is 10.2. The van der Waals surface area contributed by atoms with Crippen LogP contribution in [-0.4, -0.2) is 29.3 Å². The van der Waals surface area contributed by atoms with Gasteiger partial charge in [-0.1, -0.05) is 6.07 Å². The zero-order valence-electron chi connectivity index (χ0n) is 10.2.